The summed E-state index contributed by atoms with van der Waals surface area (Å²) < 4.78 is 11.0. The van der Waals surface area contributed by atoms with Crippen molar-refractivity contribution in [2.45, 2.75) is 59.3 Å². The maximum Gasteiger partial charge on any atom is 0.320 e. The molecule has 0 unspecified atom stereocenters. The first-order valence-electron chi connectivity index (χ1n) is 11.0. The van der Waals surface area contributed by atoms with E-state index in [9.17, 15) is 9.59 Å². The molecule has 1 fully saturated rings. The van der Waals surface area contributed by atoms with Crippen molar-refractivity contribution in [3.8, 4) is 0 Å². The number of thiophene rings is 1. The Morgan fingerprint density at radius 3 is 1.58 bits per heavy atom. The lowest BCUT2D eigenvalue weighted by molar-refractivity contribution is -0.158. The molecule has 1 aliphatic rings. The molecule has 0 saturated carbocycles. The third-order valence-corrected chi connectivity index (χ3v) is 5.56. The normalized spacial score (nSPS) is 18.1. The van der Waals surface area contributed by atoms with Crippen LogP contribution < -0.4 is 0 Å². The Bertz CT molecular complexity index is 653. The predicted octanol–water partition coefficient (Wildman–Crippen LogP) is 2.85. The minimum atomic E-state index is -0.495. The molecule has 1 saturated heterocycles. The zero-order valence-corrected chi connectivity index (χ0v) is 20.8. The van der Waals surface area contributed by atoms with Crippen LogP contribution >= 0.6 is 11.3 Å². The Balaban J connectivity index is 2.03. The summed E-state index contributed by atoms with van der Waals surface area (Å²) in [6, 6.07) is 4.22. The second kappa shape index (κ2) is 11.4. The number of carbonyl (C=O) groups excluding carboxylic acids is 2. The number of carbonyl (C=O) groups is 2. The molecule has 0 atom stereocenters. The molecule has 1 aromatic heterocycles. The van der Waals surface area contributed by atoms with Gasteiger partial charge in [-0.2, -0.15) is 0 Å². The highest BCUT2D eigenvalue weighted by atomic mass is 32.1. The maximum atomic E-state index is 12.4. The first kappa shape index (κ1) is 25.8. The molecule has 0 aromatic carbocycles. The average molecular weight is 454 g/mol. The summed E-state index contributed by atoms with van der Waals surface area (Å²) in [6.07, 6.45) is 0. The molecule has 31 heavy (non-hydrogen) atoms. The van der Waals surface area contributed by atoms with Crippen LogP contribution in [0, 0.1) is 0 Å². The molecular formula is C23H39N3O4S. The fourth-order valence-electron chi connectivity index (χ4n) is 3.39. The molecule has 0 spiro atoms. The molecule has 0 radical (unpaired) electrons. The molecule has 0 bridgehead atoms. The van der Waals surface area contributed by atoms with Gasteiger partial charge in [0.1, 0.15) is 11.2 Å². The zero-order chi connectivity index (χ0) is 23.1. The van der Waals surface area contributed by atoms with E-state index in [0.29, 0.717) is 13.1 Å². The highest BCUT2D eigenvalue weighted by Gasteiger charge is 2.24. The SMILES string of the molecule is CC(C)(C)OC(=O)CN1CCN(CC(=O)OC(C)(C)C)CCN(Cc2cccs2)CC1. The highest BCUT2D eigenvalue weighted by molar-refractivity contribution is 7.09. The van der Waals surface area contributed by atoms with Crippen molar-refractivity contribution in [2.24, 2.45) is 0 Å². The molecule has 176 valence electrons. The Hall–Kier alpha value is -1.48. The van der Waals surface area contributed by atoms with Gasteiger partial charge in [0, 0.05) is 50.7 Å². The summed E-state index contributed by atoms with van der Waals surface area (Å²) in [6.45, 7) is 17.4. The highest BCUT2D eigenvalue weighted by Crippen LogP contribution is 2.14. The molecule has 8 heteroatoms. The van der Waals surface area contributed by atoms with E-state index in [1.165, 1.54) is 4.88 Å². The van der Waals surface area contributed by atoms with Crippen LogP contribution in [-0.2, 0) is 25.6 Å². The topological polar surface area (TPSA) is 62.3 Å². The second-order valence-corrected chi connectivity index (χ2v) is 11.1. The van der Waals surface area contributed by atoms with Gasteiger partial charge in [0.2, 0.25) is 0 Å². The van der Waals surface area contributed by atoms with Crippen LogP contribution in [0.25, 0.3) is 0 Å². The van der Waals surface area contributed by atoms with Crippen molar-refractivity contribution in [3.63, 3.8) is 0 Å². The number of hydrogen-bond donors (Lipinski definition) is 0. The largest absolute Gasteiger partial charge is 0.459 e. The number of ether oxygens (including phenoxy) is 2. The molecule has 2 heterocycles. The summed E-state index contributed by atoms with van der Waals surface area (Å²) in [7, 11) is 0. The van der Waals surface area contributed by atoms with Gasteiger partial charge in [-0.3, -0.25) is 24.3 Å². The number of esters is 2. The fourth-order valence-corrected chi connectivity index (χ4v) is 4.14. The molecule has 1 aliphatic heterocycles. The van der Waals surface area contributed by atoms with E-state index in [1.54, 1.807) is 11.3 Å². The first-order valence-corrected chi connectivity index (χ1v) is 11.9. The van der Waals surface area contributed by atoms with E-state index >= 15 is 0 Å². The smallest absolute Gasteiger partial charge is 0.320 e. The van der Waals surface area contributed by atoms with Crippen LogP contribution in [0.1, 0.15) is 46.4 Å². The predicted molar refractivity (Wildman–Crippen MR) is 124 cm³/mol. The first-order chi connectivity index (χ1) is 14.4. The summed E-state index contributed by atoms with van der Waals surface area (Å²) in [5.41, 5.74) is -0.991. The maximum absolute atomic E-state index is 12.4. The molecule has 1 aromatic rings. The second-order valence-electron chi connectivity index (χ2n) is 10.1. The van der Waals surface area contributed by atoms with Crippen LogP contribution in [0.15, 0.2) is 17.5 Å². The van der Waals surface area contributed by atoms with Gasteiger partial charge in [0.15, 0.2) is 0 Å². The third-order valence-electron chi connectivity index (χ3n) is 4.70. The van der Waals surface area contributed by atoms with Gasteiger partial charge in [-0.25, -0.2) is 0 Å². The molecular weight excluding hydrogens is 414 g/mol. The number of nitrogens with zero attached hydrogens (tertiary/aromatic N) is 3. The Morgan fingerprint density at radius 2 is 1.23 bits per heavy atom. The van der Waals surface area contributed by atoms with Crippen molar-refractivity contribution < 1.29 is 19.1 Å². The van der Waals surface area contributed by atoms with E-state index in [1.807, 2.05) is 41.5 Å². The van der Waals surface area contributed by atoms with Gasteiger partial charge < -0.3 is 9.47 Å². The molecule has 0 aliphatic carbocycles. The van der Waals surface area contributed by atoms with Gasteiger partial charge in [0.25, 0.3) is 0 Å². The lowest BCUT2D eigenvalue weighted by Crippen LogP contribution is -2.42. The lowest BCUT2D eigenvalue weighted by atomic mass is 10.2. The van der Waals surface area contributed by atoms with Gasteiger partial charge in [-0.15, -0.1) is 11.3 Å². The van der Waals surface area contributed by atoms with Crippen molar-refractivity contribution in [2.75, 3.05) is 52.4 Å². The summed E-state index contributed by atoms with van der Waals surface area (Å²) in [5, 5.41) is 2.09. The minimum absolute atomic E-state index is 0.213. The Morgan fingerprint density at radius 1 is 0.806 bits per heavy atom. The van der Waals surface area contributed by atoms with Crippen LogP contribution in [0.3, 0.4) is 0 Å². The van der Waals surface area contributed by atoms with Gasteiger partial charge in [0.05, 0.1) is 13.1 Å². The summed E-state index contributed by atoms with van der Waals surface area (Å²) in [4.78, 5) is 32.8. The van der Waals surface area contributed by atoms with Gasteiger partial charge >= 0.3 is 11.9 Å². The van der Waals surface area contributed by atoms with Gasteiger partial charge in [-0.05, 0) is 53.0 Å². The van der Waals surface area contributed by atoms with E-state index in [2.05, 4.69) is 32.2 Å². The van der Waals surface area contributed by atoms with E-state index < -0.39 is 11.2 Å². The quantitative estimate of drug-likeness (QED) is 0.614. The molecule has 7 nitrogen and oxygen atoms in total. The summed E-state index contributed by atoms with van der Waals surface area (Å²) in [5.74, 6) is -0.425. The number of rotatable bonds is 6. The van der Waals surface area contributed by atoms with Crippen molar-refractivity contribution in [1.29, 1.82) is 0 Å². The number of hydrogen-bond acceptors (Lipinski definition) is 8. The van der Waals surface area contributed by atoms with Crippen LogP contribution in [0.5, 0.6) is 0 Å². The third kappa shape index (κ3) is 11.1. The Labute approximate surface area is 191 Å². The lowest BCUT2D eigenvalue weighted by Gasteiger charge is -2.27. The molecule has 0 amide bonds. The molecule has 2 rings (SSSR count). The van der Waals surface area contributed by atoms with E-state index in [-0.39, 0.29) is 25.0 Å². The standard InChI is InChI=1S/C23H39N3O4S/c1-22(2,3)29-20(27)17-25-11-9-24(16-19-8-7-15-31-19)10-12-26(14-13-25)18-21(28)30-23(4,5)6/h7-8,15H,9-14,16-18H2,1-6H3. The van der Waals surface area contributed by atoms with Crippen molar-refractivity contribution >= 4 is 23.3 Å². The van der Waals surface area contributed by atoms with Crippen LogP contribution in [0.4, 0.5) is 0 Å². The monoisotopic (exact) mass is 453 g/mol. The van der Waals surface area contributed by atoms with Gasteiger partial charge in [-0.1, -0.05) is 6.07 Å². The van der Waals surface area contributed by atoms with E-state index in [0.717, 1.165) is 32.7 Å². The van der Waals surface area contributed by atoms with Crippen LogP contribution in [0.2, 0.25) is 0 Å². The molecule has 0 N–H and O–H groups in total. The summed E-state index contributed by atoms with van der Waals surface area (Å²) >= 11 is 1.75. The van der Waals surface area contributed by atoms with Crippen molar-refractivity contribution in [3.05, 3.63) is 22.4 Å². The van der Waals surface area contributed by atoms with E-state index in [4.69, 9.17) is 9.47 Å². The minimum Gasteiger partial charge on any atom is -0.459 e. The van der Waals surface area contributed by atoms with Crippen molar-refractivity contribution in [1.82, 2.24) is 14.7 Å². The average Bonchev–Trinajstić information content (AvgIpc) is 3.11. The fraction of sp³-hybridized carbons (Fsp3) is 0.739. The zero-order valence-electron chi connectivity index (χ0n) is 20.0. The van der Waals surface area contributed by atoms with Crippen LogP contribution in [-0.4, -0.2) is 90.2 Å². The Kier molecular flexibility index (Phi) is 9.48.